The van der Waals surface area contributed by atoms with Crippen LogP contribution in [-0.4, -0.2) is 26.3 Å². The molecule has 0 aliphatic rings. The van der Waals surface area contributed by atoms with E-state index in [9.17, 15) is 4.79 Å². The van der Waals surface area contributed by atoms with Crippen LogP contribution in [0.4, 0.5) is 0 Å². The smallest absolute Gasteiger partial charge is 0.311 e. The van der Waals surface area contributed by atoms with Crippen molar-refractivity contribution in [2.45, 2.75) is 6.42 Å². The van der Waals surface area contributed by atoms with Gasteiger partial charge in [0, 0.05) is 0 Å². The van der Waals surface area contributed by atoms with Crippen molar-refractivity contribution in [2.75, 3.05) is 0 Å². The van der Waals surface area contributed by atoms with Crippen molar-refractivity contribution in [3.63, 3.8) is 0 Å². The van der Waals surface area contributed by atoms with E-state index < -0.39 is 5.97 Å². The van der Waals surface area contributed by atoms with Crippen molar-refractivity contribution < 1.29 is 14.3 Å². The van der Waals surface area contributed by atoms with E-state index in [1.165, 1.54) is 6.26 Å². The summed E-state index contributed by atoms with van der Waals surface area (Å²) >= 11 is 0. The quantitative estimate of drug-likeness (QED) is 0.748. The molecule has 2 aromatic rings. The SMILES string of the molecule is O=C(O)Cc1nc(-c2ccco2)n[nH]1. The fourth-order valence-corrected chi connectivity index (χ4v) is 1.03. The maximum absolute atomic E-state index is 10.4. The van der Waals surface area contributed by atoms with Gasteiger partial charge in [-0.2, -0.15) is 5.10 Å². The maximum atomic E-state index is 10.4. The molecule has 14 heavy (non-hydrogen) atoms. The van der Waals surface area contributed by atoms with E-state index in [4.69, 9.17) is 9.52 Å². The van der Waals surface area contributed by atoms with Crippen molar-refractivity contribution in [3.8, 4) is 11.6 Å². The third kappa shape index (κ3) is 1.63. The first-order valence-electron chi connectivity index (χ1n) is 3.92. The Morgan fingerprint density at radius 2 is 2.50 bits per heavy atom. The van der Waals surface area contributed by atoms with Gasteiger partial charge in [0.2, 0.25) is 5.82 Å². The lowest BCUT2D eigenvalue weighted by Gasteiger charge is -1.86. The second kappa shape index (κ2) is 3.33. The van der Waals surface area contributed by atoms with Gasteiger partial charge in [-0.15, -0.1) is 0 Å². The maximum Gasteiger partial charge on any atom is 0.311 e. The van der Waals surface area contributed by atoms with Gasteiger partial charge in [0.15, 0.2) is 5.76 Å². The molecule has 0 saturated carbocycles. The van der Waals surface area contributed by atoms with Gasteiger partial charge in [-0.1, -0.05) is 0 Å². The number of aromatic nitrogens is 3. The molecule has 2 heterocycles. The van der Waals surface area contributed by atoms with Gasteiger partial charge in [0.05, 0.1) is 6.26 Å². The molecule has 0 spiro atoms. The Labute approximate surface area is 78.6 Å². The molecular weight excluding hydrogens is 186 g/mol. The van der Waals surface area contributed by atoms with Crippen LogP contribution in [0.5, 0.6) is 0 Å². The molecule has 0 saturated heterocycles. The van der Waals surface area contributed by atoms with E-state index >= 15 is 0 Å². The topological polar surface area (TPSA) is 92.0 Å². The highest BCUT2D eigenvalue weighted by Gasteiger charge is 2.09. The normalized spacial score (nSPS) is 10.3. The highest BCUT2D eigenvalue weighted by molar-refractivity contribution is 5.69. The molecule has 0 radical (unpaired) electrons. The van der Waals surface area contributed by atoms with Gasteiger partial charge in [-0.3, -0.25) is 9.89 Å². The molecule has 0 atom stereocenters. The molecular formula is C8H7N3O3. The van der Waals surface area contributed by atoms with E-state index in [-0.39, 0.29) is 6.42 Å². The molecule has 2 rings (SSSR count). The molecule has 72 valence electrons. The van der Waals surface area contributed by atoms with Crippen LogP contribution in [0.25, 0.3) is 11.6 Å². The van der Waals surface area contributed by atoms with Crippen LogP contribution in [0.3, 0.4) is 0 Å². The van der Waals surface area contributed by atoms with Gasteiger partial charge in [-0.05, 0) is 12.1 Å². The van der Waals surface area contributed by atoms with E-state index in [0.717, 1.165) is 0 Å². The van der Waals surface area contributed by atoms with Crippen LogP contribution in [0, 0.1) is 0 Å². The summed E-state index contributed by atoms with van der Waals surface area (Å²) in [6.45, 7) is 0. The Morgan fingerprint density at radius 1 is 1.64 bits per heavy atom. The average molecular weight is 193 g/mol. The molecule has 2 aromatic heterocycles. The summed E-state index contributed by atoms with van der Waals surface area (Å²) < 4.78 is 5.05. The van der Waals surface area contributed by atoms with Crippen molar-refractivity contribution >= 4 is 5.97 Å². The van der Waals surface area contributed by atoms with E-state index in [1.807, 2.05) is 0 Å². The number of nitrogens with zero attached hydrogens (tertiary/aromatic N) is 2. The molecule has 0 bridgehead atoms. The molecule has 2 N–H and O–H groups in total. The van der Waals surface area contributed by atoms with Gasteiger partial charge in [0.1, 0.15) is 12.2 Å². The minimum Gasteiger partial charge on any atom is -0.481 e. The Balaban J connectivity index is 2.22. The number of carboxylic acids is 1. The number of rotatable bonds is 3. The third-order valence-corrected chi connectivity index (χ3v) is 1.59. The number of carboxylic acid groups (broad SMARTS) is 1. The highest BCUT2D eigenvalue weighted by atomic mass is 16.4. The lowest BCUT2D eigenvalue weighted by Crippen LogP contribution is -2.01. The molecule has 0 aromatic carbocycles. The Kier molecular flexibility index (Phi) is 2.02. The van der Waals surface area contributed by atoms with Crippen molar-refractivity contribution in [3.05, 3.63) is 24.2 Å². The van der Waals surface area contributed by atoms with E-state index in [1.54, 1.807) is 12.1 Å². The largest absolute Gasteiger partial charge is 0.481 e. The molecule has 6 nitrogen and oxygen atoms in total. The second-order valence-corrected chi connectivity index (χ2v) is 2.65. The summed E-state index contributed by atoms with van der Waals surface area (Å²) in [7, 11) is 0. The predicted molar refractivity (Wildman–Crippen MR) is 45.4 cm³/mol. The van der Waals surface area contributed by atoms with Crippen molar-refractivity contribution in [1.82, 2.24) is 15.2 Å². The summed E-state index contributed by atoms with van der Waals surface area (Å²) in [4.78, 5) is 14.3. The van der Waals surface area contributed by atoms with Crippen molar-refractivity contribution in [2.24, 2.45) is 0 Å². The molecule has 0 unspecified atom stereocenters. The lowest BCUT2D eigenvalue weighted by molar-refractivity contribution is -0.136. The van der Waals surface area contributed by atoms with Gasteiger partial charge < -0.3 is 9.52 Å². The van der Waals surface area contributed by atoms with E-state index in [2.05, 4.69) is 15.2 Å². The van der Waals surface area contributed by atoms with Crippen LogP contribution in [0.1, 0.15) is 5.82 Å². The molecule has 0 aliphatic carbocycles. The Hall–Kier alpha value is -2.11. The fourth-order valence-electron chi connectivity index (χ4n) is 1.03. The van der Waals surface area contributed by atoms with Gasteiger partial charge >= 0.3 is 5.97 Å². The number of hydrogen-bond acceptors (Lipinski definition) is 4. The molecule has 0 aliphatic heterocycles. The number of nitrogens with one attached hydrogen (secondary N) is 1. The lowest BCUT2D eigenvalue weighted by atomic mass is 10.4. The molecule has 6 heteroatoms. The fraction of sp³-hybridized carbons (Fsp3) is 0.125. The number of aromatic amines is 1. The summed E-state index contributed by atoms with van der Waals surface area (Å²) in [6.07, 6.45) is 1.33. The number of furan rings is 1. The minimum atomic E-state index is -0.952. The Bertz CT molecular complexity index is 432. The second-order valence-electron chi connectivity index (χ2n) is 2.65. The summed E-state index contributed by atoms with van der Waals surface area (Å²) in [5.74, 6) is 0.236. The summed E-state index contributed by atoms with van der Waals surface area (Å²) in [5, 5.41) is 14.8. The number of aliphatic carboxylic acids is 1. The summed E-state index contributed by atoms with van der Waals surface area (Å²) in [5.41, 5.74) is 0. The molecule has 0 amide bonds. The monoisotopic (exact) mass is 193 g/mol. The minimum absolute atomic E-state index is 0.173. The van der Waals surface area contributed by atoms with Gasteiger partial charge in [-0.25, -0.2) is 4.98 Å². The van der Waals surface area contributed by atoms with Gasteiger partial charge in [0.25, 0.3) is 0 Å². The first-order valence-corrected chi connectivity index (χ1v) is 3.92. The standard InChI is InChI=1S/C8H7N3O3/c12-7(13)4-6-9-8(11-10-6)5-2-1-3-14-5/h1-3H,4H2,(H,12,13)(H,9,10,11). The number of carbonyl (C=O) groups is 1. The first kappa shape index (κ1) is 8.49. The van der Waals surface area contributed by atoms with E-state index in [0.29, 0.717) is 17.4 Å². The highest BCUT2D eigenvalue weighted by Crippen LogP contribution is 2.14. The van der Waals surface area contributed by atoms with Crippen LogP contribution >= 0.6 is 0 Å². The zero-order chi connectivity index (χ0) is 9.97. The first-order chi connectivity index (χ1) is 6.75. The van der Waals surface area contributed by atoms with Crippen LogP contribution in [0.15, 0.2) is 22.8 Å². The average Bonchev–Trinajstić information content (AvgIpc) is 2.69. The number of H-pyrrole nitrogens is 1. The third-order valence-electron chi connectivity index (χ3n) is 1.59. The number of hydrogen-bond donors (Lipinski definition) is 2. The Morgan fingerprint density at radius 3 is 3.14 bits per heavy atom. The zero-order valence-electron chi connectivity index (χ0n) is 7.10. The zero-order valence-corrected chi connectivity index (χ0v) is 7.10. The van der Waals surface area contributed by atoms with Crippen molar-refractivity contribution in [1.29, 1.82) is 0 Å². The predicted octanol–water partition coefficient (Wildman–Crippen LogP) is 0.692. The van der Waals surface area contributed by atoms with Crippen LogP contribution < -0.4 is 0 Å². The summed E-state index contributed by atoms with van der Waals surface area (Å²) in [6, 6.07) is 3.41. The molecule has 0 fully saturated rings. The van der Waals surface area contributed by atoms with Crippen LogP contribution in [0.2, 0.25) is 0 Å². The van der Waals surface area contributed by atoms with Crippen LogP contribution in [-0.2, 0) is 11.2 Å².